The normalized spacial score (nSPS) is 12.8. The van der Waals surface area contributed by atoms with E-state index in [0.29, 0.717) is 42.9 Å². The number of hydrogen-bond acceptors (Lipinski definition) is 4. The molecule has 0 saturated heterocycles. The fourth-order valence-electron chi connectivity index (χ4n) is 3.17. The van der Waals surface area contributed by atoms with Gasteiger partial charge in [0.1, 0.15) is 0 Å². The zero-order valence-electron chi connectivity index (χ0n) is 15.9. The first-order valence-corrected chi connectivity index (χ1v) is 8.91. The Hall–Kier alpha value is -3.02. The second-order valence-electron chi connectivity index (χ2n) is 6.59. The molecule has 2 aromatic rings. The second kappa shape index (κ2) is 8.12. The number of rotatable bonds is 6. The topological polar surface area (TPSA) is 67.9 Å². The Balaban J connectivity index is 1.65. The number of likely N-dealkylation sites (N-methyl/N-ethyl adjacent to an activating group) is 1. The second-order valence-corrected chi connectivity index (χ2v) is 6.59. The lowest BCUT2D eigenvalue weighted by Crippen LogP contribution is -2.29. The van der Waals surface area contributed by atoms with Gasteiger partial charge in [0.25, 0.3) is 5.91 Å². The minimum atomic E-state index is -0.0322. The van der Waals surface area contributed by atoms with Crippen LogP contribution in [0.25, 0.3) is 0 Å². The Morgan fingerprint density at radius 2 is 1.85 bits per heavy atom. The van der Waals surface area contributed by atoms with Crippen LogP contribution < -0.4 is 14.8 Å². The molecule has 0 aromatic heterocycles. The number of nitrogens with zero attached hydrogens (tertiary/aromatic N) is 1. The molecule has 27 heavy (non-hydrogen) atoms. The molecule has 0 fully saturated rings. The highest BCUT2D eigenvalue weighted by molar-refractivity contribution is 5.97. The summed E-state index contributed by atoms with van der Waals surface area (Å²) in [5.41, 5.74) is 3.52. The summed E-state index contributed by atoms with van der Waals surface area (Å²) in [5.74, 6) is 1.36. The molecule has 0 saturated carbocycles. The van der Waals surface area contributed by atoms with Gasteiger partial charge in [-0.25, -0.2) is 0 Å². The van der Waals surface area contributed by atoms with Crippen LogP contribution in [0, 0.1) is 0 Å². The minimum absolute atomic E-state index is 0.0219. The van der Waals surface area contributed by atoms with Crippen LogP contribution in [0.2, 0.25) is 0 Å². The largest absolute Gasteiger partial charge is 0.493 e. The monoisotopic (exact) mass is 368 g/mol. The van der Waals surface area contributed by atoms with Gasteiger partial charge >= 0.3 is 0 Å². The lowest BCUT2D eigenvalue weighted by molar-refractivity contribution is -0.116. The number of amides is 2. The van der Waals surface area contributed by atoms with Crippen molar-refractivity contribution >= 4 is 17.5 Å². The third kappa shape index (κ3) is 4.22. The third-order valence-corrected chi connectivity index (χ3v) is 4.78. The number of carbonyl (C=O) groups is 2. The first-order chi connectivity index (χ1) is 13.0. The molecule has 0 atom stereocenters. The van der Waals surface area contributed by atoms with E-state index in [4.69, 9.17) is 9.47 Å². The van der Waals surface area contributed by atoms with E-state index in [-0.39, 0.29) is 11.8 Å². The summed E-state index contributed by atoms with van der Waals surface area (Å²) in [6.45, 7) is 0.585. The molecule has 2 amide bonds. The molecule has 1 aliphatic heterocycles. The van der Waals surface area contributed by atoms with Crippen molar-refractivity contribution in [3.05, 3.63) is 53.1 Å². The number of methoxy groups -OCH3 is 2. The maximum Gasteiger partial charge on any atom is 0.253 e. The van der Waals surface area contributed by atoms with E-state index >= 15 is 0 Å². The van der Waals surface area contributed by atoms with Gasteiger partial charge in [-0.15, -0.1) is 0 Å². The molecule has 1 heterocycles. The Morgan fingerprint density at radius 1 is 1.07 bits per heavy atom. The molecule has 0 bridgehead atoms. The van der Waals surface area contributed by atoms with Crippen molar-refractivity contribution < 1.29 is 19.1 Å². The number of ether oxygens (including phenoxy) is 2. The first-order valence-electron chi connectivity index (χ1n) is 8.91. The standard InChI is InChI=1S/C21H24N2O4/c1-23(11-10-14-4-8-18(26-2)19(12-14)27-3)21(25)16-5-7-17-15(13-16)6-9-20(24)22-17/h4-5,7-8,12-13H,6,9-11H2,1-3H3,(H,22,24). The zero-order valence-corrected chi connectivity index (χ0v) is 15.9. The van der Waals surface area contributed by atoms with Crippen molar-refractivity contribution in [3.63, 3.8) is 0 Å². The van der Waals surface area contributed by atoms with Crippen LogP contribution in [0.4, 0.5) is 5.69 Å². The summed E-state index contributed by atoms with van der Waals surface area (Å²) >= 11 is 0. The fourth-order valence-corrected chi connectivity index (χ4v) is 3.17. The molecule has 0 radical (unpaired) electrons. The lowest BCUT2D eigenvalue weighted by Gasteiger charge is -2.20. The summed E-state index contributed by atoms with van der Waals surface area (Å²) in [6, 6.07) is 11.2. The van der Waals surface area contributed by atoms with Crippen LogP contribution >= 0.6 is 0 Å². The summed E-state index contributed by atoms with van der Waals surface area (Å²) in [6.07, 6.45) is 1.83. The predicted octanol–water partition coefficient (Wildman–Crippen LogP) is 2.90. The van der Waals surface area contributed by atoms with E-state index < -0.39 is 0 Å². The van der Waals surface area contributed by atoms with Crippen molar-refractivity contribution in [2.24, 2.45) is 0 Å². The van der Waals surface area contributed by atoms with Crippen molar-refractivity contribution in [1.29, 1.82) is 0 Å². The quantitative estimate of drug-likeness (QED) is 0.851. The van der Waals surface area contributed by atoms with Crippen LogP contribution in [-0.2, 0) is 17.6 Å². The molecule has 1 aliphatic rings. The number of aryl methyl sites for hydroxylation is 1. The Kier molecular flexibility index (Phi) is 5.64. The Labute approximate surface area is 159 Å². The molecule has 2 aromatic carbocycles. The number of nitrogens with one attached hydrogen (secondary N) is 1. The molecule has 6 heteroatoms. The average molecular weight is 368 g/mol. The highest BCUT2D eigenvalue weighted by Crippen LogP contribution is 2.28. The molecule has 0 unspecified atom stereocenters. The smallest absolute Gasteiger partial charge is 0.253 e. The predicted molar refractivity (Wildman–Crippen MR) is 104 cm³/mol. The average Bonchev–Trinajstić information content (AvgIpc) is 2.70. The number of benzene rings is 2. The maximum absolute atomic E-state index is 12.7. The van der Waals surface area contributed by atoms with Gasteiger partial charge in [-0.2, -0.15) is 0 Å². The van der Waals surface area contributed by atoms with Crippen LogP contribution in [0.3, 0.4) is 0 Å². The number of hydrogen-bond donors (Lipinski definition) is 1. The van der Waals surface area contributed by atoms with Crippen LogP contribution in [0.1, 0.15) is 27.9 Å². The van der Waals surface area contributed by atoms with E-state index in [9.17, 15) is 9.59 Å². The number of carbonyl (C=O) groups excluding carboxylic acids is 2. The molecule has 3 rings (SSSR count). The number of anilines is 1. The van der Waals surface area contributed by atoms with Crippen LogP contribution in [0.5, 0.6) is 11.5 Å². The molecule has 1 N–H and O–H groups in total. The lowest BCUT2D eigenvalue weighted by atomic mass is 10.00. The molecule has 142 valence electrons. The Bertz CT molecular complexity index is 863. The summed E-state index contributed by atoms with van der Waals surface area (Å²) in [7, 11) is 5.01. The summed E-state index contributed by atoms with van der Waals surface area (Å²) < 4.78 is 10.6. The van der Waals surface area contributed by atoms with Gasteiger partial charge in [0.05, 0.1) is 14.2 Å². The highest BCUT2D eigenvalue weighted by atomic mass is 16.5. The van der Waals surface area contributed by atoms with Crippen LogP contribution in [-0.4, -0.2) is 44.5 Å². The van der Waals surface area contributed by atoms with Gasteiger partial charge in [0, 0.05) is 31.3 Å². The number of fused-ring (bicyclic) bond motifs is 1. The van der Waals surface area contributed by atoms with Crippen molar-refractivity contribution in [1.82, 2.24) is 4.90 Å². The van der Waals surface area contributed by atoms with Crippen molar-refractivity contribution in [2.75, 3.05) is 33.1 Å². The zero-order chi connectivity index (χ0) is 19.4. The van der Waals surface area contributed by atoms with E-state index in [0.717, 1.165) is 16.8 Å². The van der Waals surface area contributed by atoms with Gasteiger partial charge in [0.15, 0.2) is 11.5 Å². The van der Waals surface area contributed by atoms with E-state index in [2.05, 4.69) is 5.32 Å². The molecule has 0 spiro atoms. The van der Waals surface area contributed by atoms with Gasteiger partial charge in [-0.3, -0.25) is 9.59 Å². The fraction of sp³-hybridized carbons (Fsp3) is 0.333. The SMILES string of the molecule is COc1ccc(CCN(C)C(=O)c2ccc3c(c2)CCC(=O)N3)cc1OC. The minimum Gasteiger partial charge on any atom is -0.493 e. The highest BCUT2D eigenvalue weighted by Gasteiger charge is 2.18. The van der Waals surface area contributed by atoms with Gasteiger partial charge in [-0.05, 0) is 54.3 Å². The van der Waals surface area contributed by atoms with E-state index in [1.165, 1.54) is 0 Å². The summed E-state index contributed by atoms with van der Waals surface area (Å²) in [5, 5.41) is 2.84. The first kappa shape index (κ1) is 18.8. The van der Waals surface area contributed by atoms with Gasteiger partial charge in [0.2, 0.25) is 5.91 Å². The van der Waals surface area contributed by atoms with Gasteiger partial charge < -0.3 is 19.7 Å². The van der Waals surface area contributed by atoms with Gasteiger partial charge in [-0.1, -0.05) is 6.07 Å². The van der Waals surface area contributed by atoms with E-state index in [1.54, 1.807) is 32.2 Å². The third-order valence-electron chi connectivity index (χ3n) is 4.78. The maximum atomic E-state index is 12.7. The molecule has 0 aliphatic carbocycles. The van der Waals surface area contributed by atoms with Crippen molar-refractivity contribution in [3.8, 4) is 11.5 Å². The summed E-state index contributed by atoms with van der Waals surface area (Å²) in [4.78, 5) is 25.9. The molecular weight excluding hydrogens is 344 g/mol. The van der Waals surface area contributed by atoms with Crippen molar-refractivity contribution in [2.45, 2.75) is 19.3 Å². The van der Waals surface area contributed by atoms with Crippen LogP contribution in [0.15, 0.2) is 36.4 Å². The van der Waals surface area contributed by atoms with E-state index in [1.807, 2.05) is 30.3 Å². The molecular formula is C21H24N2O4. The molecule has 6 nitrogen and oxygen atoms in total. The Morgan fingerprint density at radius 3 is 2.59 bits per heavy atom.